The van der Waals surface area contributed by atoms with Gasteiger partial charge in [-0.25, -0.2) is 9.97 Å². The smallest absolute Gasteiger partial charge is 0.254 e. The maximum absolute atomic E-state index is 11.9. The lowest BCUT2D eigenvalue weighted by atomic mass is 10.2. The van der Waals surface area contributed by atoms with Crippen LogP contribution in [0.1, 0.15) is 38.1 Å². The van der Waals surface area contributed by atoms with Gasteiger partial charge in [-0.2, -0.15) is 0 Å². The standard InChI is InChI=1S/C13H18N4O/c1-5-10-9(4)15-12(16-13(10)18)11-6-14-7-17(11)8(2)3/h6-8H,5H2,1-4H3,(H,15,16,18). The normalized spacial score (nSPS) is 11.2. The third-order valence-corrected chi connectivity index (χ3v) is 3.04. The topological polar surface area (TPSA) is 63.6 Å². The average molecular weight is 246 g/mol. The number of hydrogen-bond acceptors (Lipinski definition) is 3. The zero-order valence-corrected chi connectivity index (χ0v) is 11.2. The van der Waals surface area contributed by atoms with Crippen LogP contribution in [0.5, 0.6) is 0 Å². The van der Waals surface area contributed by atoms with E-state index in [4.69, 9.17) is 0 Å². The lowest BCUT2D eigenvalue weighted by Gasteiger charge is -2.12. The van der Waals surface area contributed by atoms with Crippen molar-refractivity contribution in [3.05, 3.63) is 34.1 Å². The molecule has 0 saturated carbocycles. The Bertz CT molecular complexity index is 610. The molecule has 0 aliphatic heterocycles. The molecular weight excluding hydrogens is 228 g/mol. The zero-order valence-electron chi connectivity index (χ0n) is 11.2. The summed E-state index contributed by atoms with van der Waals surface area (Å²) < 4.78 is 1.99. The van der Waals surface area contributed by atoms with Gasteiger partial charge in [-0.3, -0.25) is 4.79 Å². The van der Waals surface area contributed by atoms with Gasteiger partial charge in [0.25, 0.3) is 5.56 Å². The highest BCUT2D eigenvalue weighted by atomic mass is 16.1. The second kappa shape index (κ2) is 4.76. The zero-order chi connectivity index (χ0) is 13.3. The molecule has 0 aromatic carbocycles. The Morgan fingerprint density at radius 2 is 2.17 bits per heavy atom. The van der Waals surface area contributed by atoms with Crippen molar-refractivity contribution in [2.45, 2.75) is 40.2 Å². The average Bonchev–Trinajstić information content (AvgIpc) is 2.77. The highest BCUT2D eigenvalue weighted by Crippen LogP contribution is 2.18. The van der Waals surface area contributed by atoms with Crippen LogP contribution in [0.15, 0.2) is 17.3 Å². The molecule has 0 radical (unpaired) electrons. The van der Waals surface area contributed by atoms with E-state index in [-0.39, 0.29) is 11.6 Å². The number of hydrogen-bond donors (Lipinski definition) is 1. The van der Waals surface area contributed by atoms with Crippen LogP contribution < -0.4 is 5.56 Å². The predicted molar refractivity (Wildman–Crippen MR) is 70.6 cm³/mol. The summed E-state index contributed by atoms with van der Waals surface area (Å²) in [7, 11) is 0. The molecule has 0 aliphatic rings. The second-order valence-electron chi connectivity index (χ2n) is 4.61. The molecule has 96 valence electrons. The molecule has 0 bridgehead atoms. The summed E-state index contributed by atoms with van der Waals surface area (Å²) in [5.74, 6) is 0.584. The number of aromatic amines is 1. The van der Waals surface area contributed by atoms with Crippen molar-refractivity contribution in [3.63, 3.8) is 0 Å². The maximum Gasteiger partial charge on any atom is 0.254 e. The molecule has 2 heterocycles. The summed E-state index contributed by atoms with van der Waals surface area (Å²) in [5, 5.41) is 0. The fourth-order valence-corrected chi connectivity index (χ4v) is 2.05. The molecule has 2 rings (SSSR count). The number of nitrogens with one attached hydrogen (secondary N) is 1. The highest BCUT2D eigenvalue weighted by molar-refractivity contribution is 5.49. The van der Waals surface area contributed by atoms with Gasteiger partial charge in [0.2, 0.25) is 0 Å². The predicted octanol–water partition coefficient (Wildman–Crippen LogP) is 2.09. The summed E-state index contributed by atoms with van der Waals surface area (Å²) >= 11 is 0. The monoisotopic (exact) mass is 246 g/mol. The van der Waals surface area contributed by atoms with Crippen LogP contribution in [0.3, 0.4) is 0 Å². The minimum absolute atomic E-state index is 0.0588. The molecule has 1 N–H and O–H groups in total. The van der Waals surface area contributed by atoms with Crippen molar-refractivity contribution in [1.29, 1.82) is 0 Å². The van der Waals surface area contributed by atoms with Crippen LogP contribution in [0.25, 0.3) is 11.5 Å². The summed E-state index contributed by atoms with van der Waals surface area (Å²) in [6.45, 7) is 7.96. The molecule has 5 heteroatoms. The van der Waals surface area contributed by atoms with Crippen molar-refractivity contribution in [2.75, 3.05) is 0 Å². The Hall–Kier alpha value is -1.91. The molecule has 0 spiro atoms. The van der Waals surface area contributed by atoms with Crippen molar-refractivity contribution in [1.82, 2.24) is 19.5 Å². The number of rotatable bonds is 3. The van der Waals surface area contributed by atoms with Gasteiger partial charge in [-0.15, -0.1) is 0 Å². The van der Waals surface area contributed by atoms with Crippen LogP contribution in [0.2, 0.25) is 0 Å². The highest BCUT2D eigenvalue weighted by Gasteiger charge is 2.12. The first kappa shape index (κ1) is 12.5. The quantitative estimate of drug-likeness (QED) is 0.901. The first-order valence-electron chi connectivity index (χ1n) is 6.16. The van der Waals surface area contributed by atoms with Crippen molar-refractivity contribution >= 4 is 0 Å². The third-order valence-electron chi connectivity index (χ3n) is 3.04. The van der Waals surface area contributed by atoms with Gasteiger partial charge in [0.05, 0.1) is 12.5 Å². The lowest BCUT2D eigenvalue weighted by Crippen LogP contribution is -2.17. The molecular formula is C13H18N4O. The molecule has 2 aromatic heterocycles. The van der Waals surface area contributed by atoms with E-state index in [0.717, 1.165) is 17.0 Å². The fraction of sp³-hybridized carbons (Fsp3) is 0.462. The van der Waals surface area contributed by atoms with Gasteiger partial charge in [0.15, 0.2) is 5.82 Å². The third kappa shape index (κ3) is 2.08. The fourth-order valence-electron chi connectivity index (χ4n) is 2.05. The van der Waals surface area contributed by atoms with Crippen LogP contribution in [-0.2, 0) is 6.42 Å². The van der Waals surface area contributed by atoms with Crippen molar-refractivity contribution in [3.8, 4) is 11.5 Å². The number of imidazole rings is 1. The first-order valence-corrected chi connectivity index (χ1v) is 6.16. The molecule has 5 nitrogen and oxygen atoms in total. The number of aromatic nitrogens is 4. The van der Waals surface area contributed by atoms with Crippen LogP contribution >= 0.6 is 0 Å². The van der Waals surface area contributed by atoms with E-state index in [9.17, 15) is 4.79 Å². The molecule has 2 aromatic rings. The minimum Gasteiger partial charge on any atom is -0.326 e. The van der Waals surface area contributed by atoms with Gasteiger partial charge in [-0.05, 0) is 27.2 Å². The van der Waals surface area contributed by atoms with Crippen molar-refractivity contribution < 1.29 is 0 Å². The molecule has 18 heavy (non-hydrogen) atoms. The summed E-state index contributed by atoms with van der Waals surface area (Å²) in [4.78, 5) is 23.4. The van der Waals surface area contributed by atoms with Gasteiger partial charge in [0, 0.05) is 17.3 Å². The van der Waals surface area contributed by atoms with Gasteiger partial charge in [-0.1, -0.05) is 6.92 Å². The number of H-pyrrole nitrogens is 1. The Morgan fingerprint density at radius 1 is 1.44 bits per heavy atom. The second-order valence-corrected chi connectivity index (χ2v) is 4.61. The molecule has 0 fully saturated rings. The lowest BCUT2D eigenvalue weighted by molar-refractivity contribution is 0.603. The maximum atomic E-state index is 11.9. The summed E-state index contributed by atoms with van der Waals surface area (Å²) in [5.41, 5.74) is 2.31. The largest absolute Gasteiger partial charge is 0.326 e. The number of aryl methyl sites for hydroxylation is 1. The molecule has 0 amide bonds. The van der Waals surface area contributed by atoms with Gasteiger partial charge >= 0.3 is 0 Å². The first-order chi connectivity index (χ1) is 8.54. The summed E-state index contributed by atoms with van der Waals surface area (Å²) in [6, 6.07) is 0.277. The van der Waals surface area contributed by atoms with Crippen molar-refractivity contribution in [2.24, 2.45) is 0 Å². The van der Waals surface area contributed by atoms with Crippen LogP contribution in [-0.4, -0.2) is 19.5 Å². The van der Waals surface area contributed by atoms with Crippen LogP contribution in [0.4, 0.5) is 0 Å². The van der Waals surface area contributed by atoms with E-state index >= 15 is 0 Å². The van der Waals surface area contributed by atoms with E-state index < -0.39 is 0 Å². The van der Waals surface area contributed by atoms with Gasteiger partial charge in [0.1, 0.15) is 5.69 Å². The SMILES string of the molecule is CCc1c(C)nc(-c2cncn2C(C)C)[nH]c1=O. The minimum atomic E-state index is -0.0588. The van der Waals surface area contributed by atoms with Crippen LogP contribution in [0, 0.1) is 6.92 Å². The summed E-state index contributed by atoms with van der Waals surface area (Å²) in [6.07, 6.45) is 4.17. The Labute approximate surface area is 106 Å². The number of nitrogens with zero attached hydrogens (tertiary/aromatic N) is 3. The van der Waals surface area contributed by atoms with E-state index in [1.807, 2.05) is 18.4 Å². The molecule has 0 aliphatic carbocycles. The molecule has 0 unspecified atom stereocenters. The Kier molecular flexibility index (Phi) is 3.32. The Balaban J connectivity index is 2.59. The van der Waals surface area contributed by atoms with Gasteiger partial charge < -0.3 is 9.55 Å². The van der Waals surface area contributed by atoms with E-state index in [1.165, 1.54) is 0 Å². The van der Waals surface area contributed by atoms with E-state index in [2.05, 4.69) is 28.8 Å². The van der Waals surface area contributed by atoms with E-state index in [1.54, 1.807) is 12.5 Å². The molecule has 0 saturated heterocycles. The Morgan fingerprint density at radius 3 is 2.72 bits per heavy atom. The van der Waals surface area contributed by atoms with E-state index in [0.29, 0.717) is 12.2 Å². The molecule has 0 atom stereocenters.